The molecule has 3 aromatic rings. The molecule has 20 heavy (non-hydrogen) atoms. The van der Waals surface area contributed by atoms with Crippen LogP contribution in [0.25, 0.3) is 22.4 Å². The van der Waals surface area contributed by atoms with Gasteiger partial charge in [0.25, 0.3) is 5.91 Å². The number of methoxy groups -OCH3 is 1. The number of carbonyl (C=O) groups is 1. The third kappa shape index (κ3) is 1.97. The van der Waals surface area contributed by atoms with Crippen molar-refractivity contribution in [3.63, 3.8) is 0 Å². The molecule has 0 aliphatic heterocycles. The van der Waals surface area contributed by atoms with Crippen molar-refractivity contribution in [1.29, 1.82) is 0 Å². The van der Waals surface area contributed by atoms with E-state index in [1.54, 1.807) is 24.5 Å². The average molecular weight is 268 g/mol. The van der Waals surface area contributed by atoms with Crippen LogP contribution in [0, 0.1) is 0 Å². The lowest BCUT2D eigenvalue weighted by molar-refractivity contribution is 0.0997. The number of nitrogens with zero attached hydrogens (tertiary/aromatic N) is 2. The molecule has 0 fully saturated rings. The number of primary amides is 1. The Morgan fingerprint density at radius 3 is 2.75 bits per heavy atom. The van der Waals surface area contributed by atoms with Crippen LogP contribution in [0.2, 0.25) is 0 Å². The predicted octanol–water partition coefficient (Wildman–Crippen LogP) is 1.73. The first-order valence-electron chi connectivity index (χ1n) is 5.97. The summed E-state index contributed by atoms with van der Waals surface area (Å²) in [7, 11) is 1.50. The molecule has 0 aliphatic rings. The summed E-state index contributed by atoms with van der Waals surface area (Å²) in [5.41, 5.74) is 8.79. The Labute approximate surface area is 114 Å². The summed E-state index contributed by atoms with van der Waals surface area (Å²) >= 11 is 0. The van der Waals surface area contributed by atoms with Crippen LogP contribution in [0.15, 0.2) is 36.7 Å². The number of benzene rings is 1. The second kappa shape index (κ2) is 4.65. The van der Waals surface area contributed by atoms with Crippen molar-refractivity contribution in [1.82, 2.24) is 15.0 Å². The van der Waals surface area contributed by atoms with Crippen LogP contribution in [-0.4, -0.2) is 28.0 Å². The highest BCUT2D eigenvalue weighted by molar-refractivity contribution is 5.97. The van der Waals surface area contributed by atoms with Gasteiger partial charge in [0.2, 0.25) is 0 Å². The zero-order valence-electron chi connectivity index (χ0n) is 10.8. The maximum Gasteiger partial charge on any atom is 0.252 e. The van der Waals surface area contributed by atoms with Gasteiger partial charge in [0.05, 0.1) is 12.7 Å². The van der Waals surface area contributed by atoms with Crippen LogP contribution >= 0.6 is 0 Å². The van der Waals surface area contributed by atoms with E-state index in [1.807, 2.05) is 12.1 Å². The molecule has 0 atom stereocenters. The molecule has 6 heteroatoms. The van der Waals surface area contributed by atoms with Crippen molar-refractivity contribution in [3.05, 3.63) is 42.2 Å². The quantitative estimate of drug-likeness (QED) is 0.756. The molecule has 0 bridgehead atoms. The summed E-state index contributed by atoms with van der Waals surface area (Å²) in [6.07, 6.45) is 3.24. The Bertz CT molecular complexity index is 762. The largest absolute Gasteiger partial charge is 0.496 e. The number of hydrogen-bond donors (Lipinski definition) is 2. The van der Waals surface area contributed by atoms with Crippen LogP contribution in [-0.2, 0) is 0 Å². The molecule has 0 saturated carbocycles. The summed E-state index contributed by atoms with van der Waals surface area (Å²) < 4.78 is 5.12. The van der Waals surface area contributed by atoms with Crippen molar-refractivity contribution < 1.29 is 9.53 Å². The molecule has 0 radical (unpaired) electrons. The van der Waals surface area contributed by atoms with Gasteiger partial charge in [-0.25, -0.2) is 4.98 Å². The maximum atomic E-state index is 11.4. The van der Waals surface area contributed by atoms with E-state index in [0.29, 0.717) is 17.0 Å². The number of H-pyrrole nitrogens is 1. The average Bonchev–Trinajstić information content (AvgIpc) is 2.90. The molecule has 0 spiro atoms. The standard InChI is InChI=1S/C14H12N4O2/c1-20-12-3-2-8(6-9(12)13(15)19)10-7-11-14(18-10)17-5-4-16-11/h2-7H,1H3,(H2,15,19)(H,17,18). The van der Waals surface area contributed by atoms with Gasteiger partial charge < -0.3 is 15.5 Å². The number of nitrogens with one attached hydrogen (secondary N) is 1. The first kappa shape index (κ1) is 12.2. The number of carbonyl (C=O) groups excluding carboxylic acids is 1. The lowest BCUT2D eigenvalue weighted by Gasteiger charge is -2.07. The van der Waals surface area contributed by atoms with Gasteiger partial charge in [-0.3, -0.25) is 9.78 Å². The Hall–Kier alpha value is -2.89. The lowest BCUT2D eigenvalue weighted by atomic mass is 10.1. The molecule has 3 N–H and O–H groups in total. The fourth-order valence-electron chi connectivity index (χ4n) is 2.07. The minimum atomic E-state index is -0.531. The van der Waals surface area contributed by atoms with Crippen LogP contribution in [0.3, 0.4) is 0 Å². The van der Waals surface area contributed by atoms with Crippen molar-refractivity contribution in [2.24, 2.45) is 5.73 Å². The highest BCUT2D eigenvalue weighted by atomic mass is 16.5. The summed E-state index contributed by atoms with van der Waals surface area (Å²) in [4.78, 5) is 23.0. The topological polar surface area (TPSA) is 93.9 Å². The van der Waals surface area contributed by atoms with Gasteiger partial charge in [-0.15, -0.1) is 0 Å². The lowest BCUT2D eigenvalue weighted by Crippen LogP contribution is -2.12. The Balaban J connectivity index is 2.14. The summed E-state index contributed by atoms with van der Waals surface area (Å²) in [6, 6.07) is 7.11. The van der Waals surface area contributed by atoms with E-state index >= 15 is 0 Å². The number of ether oxygens (including phenoxy) is 1. The zero-order valence-corrected chi connectivity index (χ0v) is 10.8. The summed E-state index contributed by atoms with van der Waals surface area (Å²) in [6.45, 7) is 0. The van der Waals surface area contributed by atoms with Crippen molar-refractivity contribution in [2.45, 2.75) is 0 Å². The van der Waals surface area contributed by atoms with Gasteiger partial charge in [-0.05, 0) is 29.8 Å². The molecule has 0 aliphatic carbocycles. The molecule has 0 saturated heterocycles. The first-order chi connectivity index (χ1) is 9.69. The smallest absolute Gasteiger partial charge is 0.252 e. The van der Waals surface area contributed by atoms with E-state index in [4.69, 9.17) is 10.5 Å². The van der Waals surface area contributed by atoms with Gasteiger partial charge in [-0.2, -0.15) is 0 Å². The van der Waals surface area contributed by atoms with Crippen LogP contribution in [0.1, 0.15) is 10.4 Å². The number of rotatable bonds is 3. The van der Waals surface area contributed by atoms with E-state index in [1.165, 1.54) is 7.11 Å². The molecule has 1 amide bonds. The fourth-order valence-corrected chi connectivity index (χ4v) is 2.07. The van der Waals surface area contributed by atoms with Crippen molar-refractivity contribution in [2.75, 3.05) is 7.11 Å². The first-order valence-corrected chi connectivity index (χ1v) is 5.97. The van der Waals surface area contributed by atoms with Crippen molar-refractivity contribution in [3.8, 4) is 17.0 Å². The van der Waals surface area contributed by atoms with E-state index in [9.17, 15) is 4.79 Å². The van der Waals surface area contributed by atoms with Crippen LogP contribution in [0.4, 0.5) is 0 Å². The highest BCUT2D eigenvalue weighted by Gasteiger charge is 2.12. The fraction of sp³-hybridized carbons (Fsp3) is 0.0714. The number of aromatic amines is 1. The maximum absolute atomic E-state index is 11.4. The van der Waals surface area contributed by atoms with Crippen LogP contribution in [0.5, 0.6) is 5.75 Å². The van der Waals surface area contributed by atoms with Gasteiger partial charge in [0.1, 0.15) is 11.3 Å². The van der Waals surface area contributed by atoms with E-state index in [-0.39, 0.29) is 0 Å². The molecule has 6 nitrogen and oxygen atoms in total. The molecular formula is C14H12N4O2. The third-order valence-corrected chi connectivity index (χ3v) is 3.04. The van der Waals surface area contributed by atoms with Crippen molar-refractivity contribution >= 4 is 17.1 Å². The van der Waals surface area contributed by atoms with E-state index < -0.39 is 5.91 Å². The number of fused-ring (bicyclic) bond motifs is 1. The molecular weight excluding hydrogens is 256 g/mol. The van der Waals surface area contributed by atoms with Gasteiger partial charge in [-0.1, -0.05) is 0 Å². The third-order valence-electron chi connectivity index (χ3n) is 3.04. The van der Waals surface area contributed by atoms with Gasteiger partial charge >= 0.3 is 0 Å². The molecule has 3 rings (SSSR count). The molecule has 100 valence electrons. The molecule has 0 unspecified atom stereocenters. The molecule has 2 aromatic heterocycles. The van der Waals surface area contributed by atoms with Crippen LogP contribution < -0.4 is 10.5 Å². The number of nitrogens with two attached hydrogens (primary N) is 1. The highest BCUT2D eigenvalue weighted by Crippen LogP contribution is 2.27. The zero-order chi connectivity index (χ0) is 14.1. The second-order valence-corrected chi connectivity index (χ2v) is 4.25. The van der Waals surface area contributed by atoms with Gasteiger partial charge in [0.15, 0.2) is 5.65 Å². The Morgan fingerprint density at radius 1 is 1.25 bits per heavy atom. The number of aromatic nitrogens is 3. The minimum Gasteiger partial charge on any atom is -0.496 e. The number of amides is 1. The number of hydrogen-bond acceptors (Lipinski definition) is 4. The Kier molecular flexibility index (Phi) is 2.83. The SMILES string of the molecule is COc1ccc(-c2cc3nccnc3[nH]2)cc1C(N)=O. The second-order valence-electron chi connectivity index (χ2n) is 4.25. The minimum absolute atomic E-state index is 0.338. The molecule has 2 heterocycles. The monoisotopic (exact) mass is 268 g/mol. The van der Waals surface area contributed by atoms with E-state index in [2.05, 4.69) is 15.0 Å². The normalized spacial score (nSPS) is 10.7. The Morgan fingerprint density at radius 2 is 2.05 bits per heavy atom. The molecule has 1 aromatic carbocycles. The van der Waals surface area contributed by atoms with E-state index in [0.717, 1.165) is 16.8 Å². The predicted molar refractivity (Wildman–Crippen MR) is 74.4 cm³/mol. The summed E-state index contributed by atoms with van der Waals surface area (Å²) in [5.74, 6) is -0.0790. The summed E-state index contributed by atoms with van der Waals surface area (Å²) in [5, 5.41) is 0. The van der Waals surface area contributed by atoms with Gasteiger partial charge in [0, 0.05) is 18.1 Å².